The average Bonchev–Trinajstić information content (AvgIpc) is 2.54. The number of nitrogens with one attached hydrogen (secondary N) is 1. The lowest BCUT2D eigenvalue weighted by atomic mass is 10.0. The molecule has 2 aromatic rings. The van der Waals surface area contributed by atoms with Gasteiger partial charge in [0.25, 0.3) is 5.91 Å². The number of fused-ring (bicyclic) bond motifs is 1. The van der Waals surface area contributed by atoms with Crippen LogP contribution in [0.3, 0.4) is 0 Å². The van der Waals surface area contributed by atoms with Gasteiger partial charge in [-0.05, 0) is 67.1 Å². The number of sulfone groups is 1. The minimum absolute atomic E-state index is 0.122. The van der Waals surface area contributed by atoms with Crippen molar-refractivity contribution in [2.45, 2.75) is 38.1 Å². The van der Waals surface area contributed by atoms with Crippen LogP contribution in [0.4, 0.5) is 0 Å². The molecule has 1 aliphatic heterocycles. The molecular formula is C19H21NO3S. The molecule has 3 rings (SSSR count). The second kappa shape index (κ2) is 6.40. The second-order valence-corrected chi connectivity index (χ2v) is 8.42. The van der Waals surface area contributed by atoms with Crippen molar-refractivity contribution in [2.75, 3.05) is 5.75 Å². The fourth-order valence-electron chi connectivity index (χ4n) is 2.97. The summed E-state index contributed by atoms with van der Waals surface area (Å²) in [6.07, 6.45) is 1.43. The van der Waals surface area contributed by atoms with Gasteiger partial charge in [-0.2, -0.15) is 0 Å². The number of rotatable bonds is 3. The van der Waals surface area contributed by atoms with Gasteiger partial charge >= 0.3 is 0 Å². The monoisotopic (exact) mass is 343 g/mol. The molecule has 2 aromatic carbocycles. The topological polar surface area (TPSA) is 63.2 Å². The summed E-state index contributed by atoms with van der Waals surface area (Å²) in [4.78, 5) is 12.7. The van der Waals surface area contributed by atoms with Crippen molar-refractivity contribution >= 4 is 15.7 Å². The largest absolute Gasteiger partial charge is 0.348 e. The number of carbonyl (C=O) groups is 1. The van der Waals surface area contributed by atoms with Crippen LogP contribution in [0.25, 0.3) is 0 Å². The molecule has 0 atom stereocenters. The predicted molar refractivity (Wildman–Crippen MR) is 93.9 cm³/mol. The first-order valence-electron chi connectivity index (χ1n) is 8.07. The van der Waals surface area contributed by atoms with Gasteiger partial charge in [0.2, 0.25) is 0 Å². The first kappa shape index (κ1) is 16.7. The Morgan fingerprint density at radius 1 is 1.08 bits per heavy atom. The lowest BCUT2D eigenvalue weighted by molar-refractivity contribution is 0.0951. The molecule has 5 heteroatoms. The summed E-state index contributed by atoms with van der Waals surface area (Å²) in [5.41, 5.74) is 4.66. The van der Waals surface area contributed by atoms with Gasteiger partial charge in [0.1, 0.15) is 0 Å². The Kier molecular flexibility index (Phi) is 4.45. The molecule has 0 radical (unpaired) electrons. The Bertz CT molecular complexity index is 901. The van der Waals surface area contributed by atoms with Crippen LogP contribution in [0, 0.1) is 13.8 Å². The zero-order valence-electron chi connectivity index (χ0n) is 13.9. The van der Waals surface area contributed by atoms with Crippen molar-refractivity contribution in [3.63, 3.8) is 0 Å². The Morgan fingerprint density at radius 2 is 1.88 bits per heavy atom. The lowest BCUT2D eigenvalue weighted by Gasteiger charge is -2.17. The summed E-state index contributed by atoms with van der Waals surface area (Å²) < 4.78 is 24.1. The average molecular weight is 343 g/mol. The molecule has 1 aliphatic rings. The van der Waals surface area contributed by atoms with E-state index in [1.165, 1.54) is 0 Å². The molecule has 4 nitrogen and oxygen atoms in total. The minimum atomic E-state index is -3.13. The van der Waals surface area contributed by atoms with Crippen molar-refractivity contribution in [3.05, 3.63) is 64.2 Å². The quantitative estimate of drug-likeness (QED) is 0.932. The van der Waals surface area contributed by atoms with E-state index in [1.807, 2.05) is 38.1 Å². The first-order valence-corrected chi connectivity index (χ1v) is 9.72. The van der Waals surface area contributed by atoms with E-state index < -0.39 is 9.84 Å². The maximum Gasteiger partial charge on any atom is 0.251 e. The summed E-state index contributed by atoms with van der Waals surface area (Å²) in [6.45, 7) is 4.38. The third kappa shape index (κ3) is 3.36. The Balaban J connectivity index is 1.73. The van der Waals surface area contributed by atoms with E-state index in [0.717, 1.165) is 28.7 Å². The van der Waals surface area contributed by atoms with Crippen LogP contribution < -0.4 is 5.32 Å². The smallest absolute Gasteiger partial charge is 0.251 e. The zero-order valence-corrected chi connectivity index (χ0v) is 14.7. The molecule has 1 heterocycles. The third-order valence-corrected chi connectivity index (χ3v) is 6.44. The zero-order chi connectivity index (χ0) is 17.3. The fraction of sp³-hybridized carbons (Fsp3) is 0.316. The van der Waals surface area contributed by atoms with Crippen molar-refractivity contribution in [3.8, 4) is 0 Å². The molecule has 0 spiro atoms. The van der Waals surface area contributed by atoms with Gasteiger partial charge in [-0.1, -0.05) is 18.2 Å². The molecule has 0 aliphatic carbocycles. The first-order chi connectivity index (χ1) is 11.4. The fourth-order valence-corrected chi connectivity index (χ4v) is 4.55. The molecule has 0 aromatic heterocycles. The van der Waals surface area contributed by atoms with Crippen LogP contribution in [-0.2, 0) is 22.8 Å². The maximum absolute atomic E-state index is 12.3. The summed E-state index contributed by atoms with van der Waals surface area (Å²) >= 11 is 0. The van der Waals surface area contributed by atoms with Crippen LogP contribution >= 0.6 is 0 Å². The van der Waals surface area contributed by atoms with Gasteiger partial charge in [-0.25, -0.2) is 8.42 Å². The van der Waals surface area contributed by atoms with Gasteiger partial charge in [0.15, 0.2) is 9.84 Å². The molecule has 0 fully saturated rings. The number of carbonyl (C=O) groups excluding carboxylic acids is 1. The Labute approximate surface area is 142 Å². The highest BCUT2D eigenvalue weighted by Crippen LogP contribution is 2.25. The molecule has 0 saturated heterocycles. The maximum atomic E-state index is 12.3. The highest BCUT2D eigenvalue weighted by Gasteiger charge is 2.23. The molecular weight excluding hydrogens is 322 g/mol. The number of aryl methyl sites for hydroxylation is 3. The van der Waals surface area contributed by atoms with Crippen molar-refractivity contribution in [2.24, 2.45) is 0 Å². The van der Waals surface area contributed by atoms with Gasteiger partial charge < -0.3 is 5.32 Å². The molecule has 1 amide bonds. The highest BCUT2D eigenvalue weighted by atomic mass is 32.2. The van der Waals surface area contributed by atoms with Crippen LogP contribution in [0.2, 0.25) is 0 Å². The van der Waals surface area contributed by atoms with Crippen LogP contribution in [0.5, 0.6) is 0 Å². The normalized spacial score (nSPS) is 15.6. The standard InChI is InChI=1S/C19H21NO3S/c1-13-5-7-17(10-14(13)2)19(21)20-12-15-6-8-18-16(11-15)4-3-9-24(18,22)23/h5-8,10-11H,3-4,9,12H2,1-2H3,(H,20,21). The number of amides is 1. The van der Waals surface area contributed by atoms with Gasteiger partial charge in [-0.15, -0.1) is 0 Å². The van der Waals surface area contributed by atoms with Gasteiger partial charge in [0.05, 0.1) is 10.6 Å². The number of hydrogen-bond donors (Lipinski definition) is 1. The van der Waals surface area contributed by atoms with E-state index >= 15 is 0 Å². The van der Waals surface area contributed by atoms with Crippen molar-refractivity contribution in [1.29, 1.82) is 0 Å². The SMILES string of the molecule is Cc1ccc(C(=O)NCc2ccc3c(c2)CCCS3(=O)=O)cc1C. The van der Waals surface area contributed by atoms with E-state index in [9.17, 15) is 13.2 Å². The lowest BCUT2D eigenvalue weighted by Crippen LogP contribution is -2.23. The molecule has 126 valence electrons. The minimum Gasteiger partial charge on any atom is -0.348 e. The predicted octanol–water partition coefficient (Wildman–Crippen LogP) is 2.95. The highest BCUT2D eigenvalue weighted by molar-refractivity contribution is 7.91. The number of hydrogen-bond acceptors (Lipinski definition) is 3. The Morgan fingerprint density at radius 3 is 2.62 bits per heavy atom. The summed E-state index contributed by atoms with van der Waals surface area (Å²) in [5.74, 6) is 0.103. The van der Waals surface area contributed by atoms with Crippen LogP contribution in [0.1, 0.15) is 39.0 Å². The molecule has 1 N–H and O–H groups in total. The summed E-state index contributed by atoms with van der Waals surface area (Å²) in [5, 5.41) is 2.90. The van der Waals surface area contributed by atoms with Crippen molar-refractivity contribution < 1.29 is 13.2 Å². The van der Waals surface area contributed by atoms with E-state index in [2.05, 4.69) is 5.32 Å². The summed E-state index contributed by atoms with van der Waals surface area (Å²) in [7, 11) is -3.13. The molecule has 0 unspecified atom stereocenters. The van der Waals surface area contributed by atoms with Gasteiger partial charge in [0, 0.05) is 12.1 Å². The van der Waals surface area contributed by atoms with E-state index in [-0.39, 0.29) is 11.7 Å². The van der Waals surface area contributed by atoms with E-state index in [0.29, 0.717) is 23.4 Å². The van der Waals surface area contributed by atoms with Crippen LogP contribution in [0.15, 0.2) is 41.3 Å². The molecule has 0 saturated carbocycles. The van der Waals surface area contributed by atoms with E-state index in [4.69, 9.17) is 0 Å². The third-order valence-electron chi connectivity index (χ3n) is 4.54. The second-order valence-electron chi connectivity index (χ2n) is 6.35. The molecule has 0 bridgehead atoms. The van der Waals surface area contributed by atoms with Gasteiger partial charge in [-0.3, -0.25) is 4.79 Å². The van der Waals surface area contributed by atoms with Crippen molar-refractivity contribution in [1.82, 2.24) is 5.32 Å². The van der Waals surface area contributed by atoms with Crippen LogP contribution in [-0.4, -0.2) is 20.1 Å². The Hall–Kier alpha value is -2.14. The van der Waals surface area contributed by atoms with E-state index in [1.54, 1.807) is 12.1 Å². The molecule has 24 heavy (non-hydrogen) atoms. The summed E-state index contributed by atoms with van der Waals surface area (Å²) in [6, 6.07) is 11.0. The number of benzene rings is 2.